The highest BCUT2D eigenvalue weighted by Gasteiger charge is 2.13. The minimum absolute atomic E-state index is 0. The first kappa shape index (κ1) is 35.8. The molecule has 0 aliphatic heterocycles. The van der Waals surface area contributed by atoms with Crippen molar-refractivity contribution in [3.8, 4) is 0 Å². The fourth-order valence-corrected chi connectivity index (χ4v) is 3.46. The molecule has 0 atom stereocenters. The quantitative estimate of drug-likeness (QED) is 0.236. The fourth-order valence-electron chi connectivity index (χ4n) is 3.46. The first-order valence-electron chi connectivity index (χ1n) is 11.8. The number of unbranched alkanes of at least 4 members (excludes halogenated alkanes) is 14. The van der Waals surface area contributed by atoms with Crippen molar-refractivity contribution in [1.29, 1.82) is 0 Å². The van der Waals surface area contributed by atoms with Crippen molar-refractivity contribution in [3.05, 3.63) is 0 Å². The van der Waals surface area contributed by atoms with Crippen LogP contribution in [0.4, 0.5) is 0 Å². The Balaban J connectivity index is -0.000000473. The fraction of sp³-hybridized carbons (Fsp3) is 0.958. The van der Waals surface area contributed by atoms with Gasteiger partial charge in [-0.1, -0.05) is 90.9 Å². The number of carbonyl (C=O) groups is 1. The van der Waals surface area contributed by atoms with Gasteiger partial charge in [-0.2, -0.15) is 0 Å². The van der Waals surface area contributed by atoms with E-state index in [1.54, 1.807) is 0 Å². The number of quaternary nitrogens is 1. The average molecular weight is 421 g/mol. The average Bonchev–Trinajstić information content (AvgIpc) is 2.59. The molecule has 29 heavy (non-hydrogen) atoms. The lowest BCUT2D eigenvalue weighted by molar-refractivity contribution is -0.890. The van der Waals surface area contributed by atoms with Crippen molar-refractivity contribution in [1.82, 2.24) is 6.15 Å². The molecular formula is C24H56N2O3. The Labute approximate surface area is 183 Å². The first-order chi connectivity index (χ1) is 12.9. The smallest absolute Gasteiger partial charge is 0.0782 e. The third kappa shape index (κ3) is 38.6. The molecule has 5 heteroatoms. The summed E-state index contributed by atoms with van der Waals surface area (Å²) < 4.78 is 1.24. The largest absolute Gasteiger partial charge is 0.550 e. The van der Waals surface area contributed by atoms with Crippen LogP contribution in [0.25, 0.3) is 0 Å². The Bertz CT molecular complexity index is 285. The Morgan fingerprint density at radius 3 is 1.07 bits per heavy atom. The van der Waals surface area contributed by atoms with Gasteiger partial charge >= 0.3 is 0 Å². The summed E-state index contributed by atoms with van der Waals surface area (Å²) in [5, 5.41) is 8.89. The van der Waals surface area contributed by atoms with E-state index in [1.165, 1.54) is 120 Å². The Hall–Kier alpha value is -0.650. The topological polar surface area (TPSA) is 107 Å². The maximum Gasteiger partial charge on any atom is 0.0782 e. The van der Waals surface area contributed by atoms with E-state index >= 15 is 0 Å². The molecule has 5 N–H and O–H groups in total. The van der Waals surface area contributed by atoms with Crippen LogP contribution < -0.4 is 11.3 Å². The Morgan fingerprint density at radius 1 is 0.621 bits per heavy atom. The molecule has 0 aromatic rings. The standard InChI is InChI=1S/C22H48N.C2H4O2.H3N.H2O/c1-5-7-9-11-13-15-17-19-21-23(3,4)22-20-18-16-14-12-10-8-6-2;1-2(3)4;;/h5-22H2,1-4H3;1H3,(H,3,4);1H3;1H2/q+1;;;/p-1. The lowest BCUT2D eigenvalue weighted by Gasteiger charge is -2.30. The van der Waals surface area contributed by atoms with Crippen molar-refractivity contribution >= 4 is 5.97 Å². The summed E-state index contributed by atoms with van der Waals surface area (Å²) in [6.45, 7) is 8.33. The molecule has 0 saturated carbocycles. The predicted octanol–water partition coefficient (Wildman–Crippen LogP) is 5.44. The molecular weight excluding hydrogens is 364 g/mol. The zero-order chi connectivity index (χ0) is 20.8. The SMILES string of the molecule is CC(=O)[O-].CCCCCCCCCC[N+](C)(C)CCCCCCCCCC.N.O. The third-order valence-electron chi connectivity index (χ3n) is 5.23. The molecule has 5 nitrogen and oxygen atoms in total. The number of aliphatic carboxylic acids is 1. The van der Waals surface area contributed by atoms with E-state index in [0.717, 1.165) is 6.92 Å². The van der Waals surface area contributed by atoms with Gasteiger partial charge in [0.2, 0.25) is 0 Å². The third-order valence-corrected chi connectivity index (χ3v) is 5.23. The van der Waals surface area contributed by atoms with Gasteiger partial charge in [0.15, 0.2) is 0 Å². The van der Waals surface area contributed by atoms with Gasteiger partial charge in [-0.3, -0.25) is 0 Å². The van der Waals surface area contributed by atoms with Gasteiger partial charge in [0.1, 0.15) is 0 Å². The molecule has 0 rings (SSSR count). The number of hydrogen-bond donors (Lipinski definition) is 1. The van der Waals surface area contributed by atoms with Crippen LogP contribution in [-0.2, 0) is 4.79 Å². The van der Waals surface area contributed by atoms with E-state index < -0.39 is 5.97 Å². The number of rotatable bonds is 18. The highest BCUT2D eigenvalue weighted by molar-refractivity contribution is 5.60. The summed E-state index contributed by atoms with van der Waals surface area (Å²) in [6, 6.07) is 0. The second-order valence-corrected chi connectivity index (χ2v) is 8.82. The molecule has 0 heterocycles. The van der Waals surface area contributed by atoms with Crippen molar-refractivity contribution in [3.63, 3.8) is 0 Å². The molecule has 0 radical (unpaired) electrons. The van der Waals surface area contributed by atoms with Gasteiger partial charge in [0.05, 0.1) is 27.2 Å². The summed E-state index contributed by atoms with van der Waals surface area (Å²) in [5.74, 6) is -1.08. The Morgan fingerprint density at radius 2 is 0.828 bits per heavy atom. The minimum atomic E-state index is -1.08. The molecule has 0 spiro atoms. The lowest BCUT2D eigenvalue weighted by Crippen LogP contribution is -2.41. The number of carboxylic acids is 1. The second-order valence-electron chi connectivity index (χ2n) is 8.82. The van der Waals surface area contributed by atoms with Crippen molar-refractivity contribution in [2.45, 2.75) is 124 Å². The molecule has 0 aromatic carbocycles. The summed E-state index contributed by atoms with van der Waals surface area (Å²) in [7, 11) is 4.87. The molecule has 0 unspecified atom stereocenters. The Kier molecular flexibility index (Phi) is 33.7. The van der Waals surface area contributed by atoms with Gasteiger partial charge in [-0.25, -0.2) is 0 Å². The molecule has 0 bridgehead atoms. The lowest BCUT2D eigenvalue weighted by atomic mass is 10.1. The summed E-state index contributed by atoms with van der Waals surface area (Å²) in [6.07, 6.45) is 23.0. The monoisotopic (exact) mass is 420 g/mol. The van der Waals surface area contributed by atoms with E-state index in [1.807, 2.05) is 0 Å². The number of nitrogens with zero attached hydrogens (tertiary/aromatic N) is 1. The summed E-state index contributed by atoms with van der Waals surface area (Å²) >= 11 is 0. The molecule has 0 amide bonds. The number of hydrogen-bond acceptors (Lipinski definition) is 3. The molecule has 0 aliphatic carbocycles. The molecule has 0 saturated heterocycles. The van der Waals surface area contributed by atoms with E-state index in [-0.39, 0.29) is 11.6 Å². The van der Waals surface area contributed by atoms with Crippen molar-refractivity contribution in [2.75, 3.05) is 27.2 Å². The van der Waals surface area contributed by atoms with Gasteiger partial charge in [0, 0.05) is 5.97 Å². The molecule has 0 aromatic heterocycles. The normalized spacial score (nSPS) is 10.4. The minimum Gasteiger partial charge on any atom is -0.550 e. The van der Waals surface area contributed by atoms with Crippen molar-refractivity contribution < 1.29 is 19.9 Å². The number of carbonyl (C=O) groups excluding carboxylic acids is 1. The van der Waals surface area contributed by atoms with Gasteiger partial charge < -0.3 is 26.0 Å². The summed E-state index contributed by atoms with van der Waals surface area (Å²) in [4.78, 5) is 8.89. The molecule has 0 aliphatic rings. The van der Waals surface area contributed by atoms with E-state index in [2.05, 4.69) is 27.9 Å². The van der Waals surface area contributed by atoms with Gasteiger partial charge in [-0.05, 0) is 32.6 Å². The zero-order valence-electron chi connectivity index (χ0n) is 20.7. The molecule has 0 fully saturated rings. The zero-order valence-corrected chi connectivity index (χ0v) is 20.7. The van der Waals surface area contributed by atoms with Crippen LogP contribution in [-0.4, -0.2) is 43.1 Å². The van der Waals surface area contributed by atoms with Crippen LogP contribution in [0.5, 0.6) is 0 Å². The summed E-state index contributed by atoms with van der Waals surface area (Å²) in [5.41, 5.74) is 0. The van der Waals surface area contributed by atoms with Crippen LogP contribution in [0.3, 0.4) is 0 Å². The van der Waals surface area contributed by atoms with Crippen LogP contribution in [0.15, 0.2) is 0 Å². The maximum absolute atomic E-state index is 8.89. The van der Waals surface area contributed by atoms with E-state index in [4.69, 9.17) is 9.90 Å². The highest BCUT2D eigenvalue weighted by atomic mass is 16.4. The van der Waals surface area contributed by atoms with Crippen LogP contribution in [0.2, 0.25) is 0 Å². The van der Waals surface area contributed by atoms with Crippen LogP contribution in [0, 0.1) is 0 Å². The highest BCUT2D eigenvalue weighted by Crippen LogP contribution is 2.13. The first-order valence-corrected chi connectivity index (χ1v) is 11.8. The second kappa shape index (κ2) is 27.4. The molecule has 180 valence electrons. The van der Waals surface area contributed by atoms with Crippen LogP contribution in [0.1, 0.15) is 124 Å². The predicted molar refractivity (Wildman–Crippen MR) is 126 cm³/mol. The van der Waals surface area contributed by atoms with Gasteiger partial charge in [0.25, 0.3) is 0 Å². The maximum atomic E-state index is 8.89. The van der Waals surface area contributed by atoms with Crippen molar-refractivity contribution in [2.24, 2.45) is 0 Å². The van der Waals surface area contributed by atoms with Gasteiger partial charge in [-0.15, -0.1) is 0 Å². The van der Waals surface area contributed by atoms with Crippen LogP contribution >= 0.6 is 0 Å². The van der Waals surface area contributed by atoms with E-state index in [0.29, 0.717) is 0 Å². The number of carboxylic acid groups (broad SMARTS) is 1. The van der Waals surface area contributed by atoms with E-state index in [9.17, 15) is 0 Å².